The highest BCUT2D eigenvalue weighted by Crippen LogP contribution is 2.15. The van der Waals surface area contributed by atoms with Gasteiger partial charge in [0.05, 0.1) is 6.54 Å². The number of rotatable bonds is 11. The Hall–Kier alpha value is -4.13. The number of hydrogen-bond acceptors (Lipinski definition) is 4. The lowest BCUT2D eigenvalue weighted by Crippen LogP contribution is -2.24. The van der Waals surface area contributed by atoms with Crippen molar-refractivity contribution in [2.75, 3.05) is 29.0 Å². The maximum absolute atomic E-state index is 12.3. The van der Waals surface area contributed by atoms with Gasteiger partial charge in [-0.3, -0.25) is 14.4 Å². The van der Waals surface area contributed by atoms with E-state index in [1.807, 2.05) is 37.3 Å². The summed E-state index contributed by atoms with van der Waals surface area (Å²) >= 11 is 0. The predicted octanol–water partition coefficient (Wildman–Crippen LogP) is 4.45. The zero-order valence-corrected chi connectivity index (χ0v) is 19.3. The maximum Gasteiger partial charge on any atom is 0.251 e. The molecular weight excluding hydrogens is 428 g/mol. The minimum absolute atomic E-state index is 0.0467. The van der Waals surface area contributed by atoms with Crippen molar-refractivity contribution in [1.82, 2.24) is 5.32 Å². The Morgan fingerprint density at radius 1 is 0.735 bits per heavy atom. The van der Waals surface area contributed by atoms with Gasteiger partial charge in [0.1, 0.15) is 0 Å². The Kier molecular flexibility index (Phi) is 9.22. The van der Waals surface area contributed by atoms with Crippen LogP contribution in [0.5, 0.6) is 0 Å². The van der Waals surface area contributed by atoms with Crippen LogP contribution >= 0.6 is 0 Å². The van der Waals surface area contributed by atoms with Crippen molar-refractivity contribution in [2.24, 2.45) is 0 Å². The first-order valence-electron chi connectivity index (χ1n) is 11.4. The molecule has 34 heavy (non-hydrogen) atoms. The molecule has 4 N–H and O–H groups in total. The fourth-order valence-corrected chi connectivity index (χ4v) is 3.26. The van der Waals surface area contributed by atoms with Crippen molar-refractivity contribution >= 4 is 34.8 Å². The van der Waals surface area contributed by atoms with Crippen LogP contribution in [0.4, 0.5) is 17.1 Å². The Bertz CT molecular complexity index is 1100. The molecule has 176 valence electrons. The molecule has 0 aromatic heterocycles. The van der Waals surface area contributed by atoms with E-state index < -0.39 is 0 Å². The van der Waals surface area contributed by atoms with Gasteiger partial charge < -0.3 is 21.3 Å². The highest BCUT2D eigenvalue weighted by molar-refractivity contribution is 5.98. The number of anilines is 3. The van der Waals surface area contributed by atoms with Crippen LogP contribution in [0, 0.1) is 0 Å². The Morgan fingerprint density at radius 3 is 2.18 bits per heavy atom. The molecule has 3 aromatic carbocycles. The van der Waals surface area contributed by atoms with Gasteiger partial charge in [0.15, 0.2) is 0 Å². The minimum atomic E-state index is -0.232. The monoisotopic (exact) mass is 458 g/mol. The molecule has 0 spiro atoms. The third-order valence-electron chi connectivity index (χ3n) is 5.05. The molecule has 0 aliphatic heterocycles. The molecule has 0 bridgehead atoms. The summed E-state index contributed by atoms with van der Waals surface area (Å²) in [7, 11) is 0. The molecule has 3 amide bonds. The van der Waals surface area contributed by atoms with Gasteiger partial charge >= 0.3 is 0 Å². The number of aryl methyl sites for hydroxylation is 1. The van der Waals surface area contributed by atoms with E-state index in [2.05, 4.69) is 21.3 Å². The topological polar surface area (TPSA) is 99.3 Å². The third kappa shape index (κ3) is 8.09. The van der Waals surface area contributed by atoms with E-state index in [4.69, 9.17) is 0 Å². The first-order valence-corrected chi connectivity index (χ1v) is 11.4. The van der Waals surface area contributed by atoms with E-state index in [0.717, 1.165) is 17.7 Å². The van der Waals surface area contributed by atoms with Gasteiger partial charge in [0.25, 0.3) is 5.91 Å². The summed E-state index contributed by atoms with van der Waals surface area (Å²) in [6, 6.07) is 23.9. The van der Waals surface area contributed by atoms with Gasteiger partial charge in [-0.05, 0) is 60.9 Å². The van der Waals surface area contributed by atoms with Gasteiger partial charge in [0, 0.05) is 35.6 Å². The highest BCUT2D eigenvalue weighted by Gasteiger charge is 2.08. The average molecular weight is 459 g/mol. The van der Waals surface area contributed by atoms with Gasteiger partial charge in [-0.2, -0.15) is 0 Å². The third-order valence-corrected chi connectivity index (χ3v) is 5.05. The van der Waals surface area contributed by atoms with Crippen molar-refractivity contribution in [1.29, 1.82) is 0 Å². The normalized spacial score (nSPS) is 10.3. The quantitative estimate of drug-likeness (QED) is 0.341. The van der Waals surface area contributed by atoms with Crippen LogP contribution < -0.4 is 21.3 Å². The van der Waals surface area contributed by atoms with Crippen LogP contribution in [0.1, 0.15) is 35.7 Å². The second-order valence-electron chi connectivity index (χ2n) is 7.85. The molecule has 0 radical (unpaired) electrons. The number of carbonyl (C=O) groups excluding carboxylic acids is 3. The molecule has 0 fully saturated rings. The van der Waals surface area contributed by atoms with Crippen LogP contribution in [0.3, 0.4) is 0 Å². The lowest BCUT2D eigenvalue weighted by Gasteiger charge is -2.10. The molecule has 0 saturated heterocycles. The molecule has 3 rings (SSSR count). The molecule has 0 atom stereocenters. The molecule has 7 nitrogen and oxygen atoms in total. The first kappa shape index (κ1) is 24.5. The standard InChI is InChI=1S/C27H30N4O3/c1-2-17-28-27(34)21-9-6-10-24(18-21)31-26(33)19-29-22-12-14-23(15-13-22)30-25(32)16-11-20-7-4-3-5-8-20/h3-10,12-15,18,29H,2,11,16-17,19H2,1H3,(H,28,34)(H,30,32)(H,31,33). The van der Waals surface area contributed by atoms with E-state index in [1.165, 1.54) is 0 Å². The lowest BCUT2D eigenvalue weighted by molar-refractivity contribution is -0.116. The summed E-state index contributed by atoms with van der Waals surface area (Å²) in [6.07, 6.45) is 1.95. The molecular formula is C27H30N4O3. The number of nitrogens with one attached hydrogen (secondary N) is 4. The van der Waals surface area contributed by atoms with E-state index in [-0.39, 0.29) is 24.3 Å². The van der Waals surface area contributed by atoms with Crippen molar-refractivity contribution in [3.8, 4) is 0 Å². The first-order chi connectivity index (χ1) is 16.5. The van der Waals surface area contributed by atoms with Crippen molar-refractivity contribution in [2.45, 2.75) is 26.2 Å². The van der Waals surface area contributed by atoms with Crippen molar-refractivity contribution in [3.63, 3.8) is 0 Å². The SMILES string of the molecule is CCCNC(=O)c1cccc(NC(=O)CNc2ccc(NC(=O)CCc3ccccc3)cc2)c1. The second-order valence-corrected chi connectivity index (χ2v) is 7.85. The highest BCUT2D eigenvalue weighted by atomic mass is 16.2. The van der Waals surface area contributed by atoms with Gasteiger partial charge in [-0.25, -0.2) is 0 Å². The summed E-state index contributed by atoms with van der Waals surface area (Å²) < 4.78 is 0. The average Bonchev–Trinajstić information content (AvgIpc) is 2.86. The van der Waals surface area contributed by atoms with Gasteiger partial charge in [0.2, 0.25) is 11.8 Å². The van der Waals surface area contributed by atoms with Gasteiger partial charge in [-0.15, -0.1) is 0 Å². The predicted molar refractivity (Wildman–Crippen MR) is 136 cm³/mol. The van der Waals surface area contributed by atoms with Crippen LogP contribution in [-0.4, -0.2) is 30.8 Å². The Morgan fingerprint density at radius 2 is 1.44 bits per heavy atom. The largest absolute Gasteiger partial charge is 0.376 e. The number of amides is 3. The number of benzene rings is 3. The fraction of sp³-hybridized carbons (Fsp3) is 0.222. The van der Waals surface area contributed by atoms with E-state index in [9.17, 15) is 14.4 Å². The molecule has 0 heterocycles. The zero-order valence-electron chi connectivity index (χ0n) is 19.3. The summed E-state index contributed by atoms with van der Waals surface area (Å²) in [4.78, 5) is 36.6. The van der Waals surface area contributed by atoms with Crippen molar-refractivity contribution in [3.05, 3.63) is 90.0 Å². The van der Waals surface area contributed by atoms with Crippen LogP contribution in [0.25, 0.3) is 0 Å². The van der Waals surface area contributed by atoms with E-state index in [0.29, 0.717) is 36.3 Å². The molecule has 0 saturated carbocycles. The molecule has 3 aromatic rings. The minimum Gasteiger partial charge on any atom is -0.376 e. The van der Waals surface area contributed by atoms with Crippen molar-refractivity contribution < 1.29 is 14.4 Å². The summed E-state index contributed by atoms with van der Waals surface area (Å²) in [5.74, 6) is -0.442. The molecule has 0 unspecified atom stereocenters. The second kappa shape index (κ2) is 12.8. The van der Waals surface area contributed by atoms with Gasteiger partial charge in [-0.1, -0.05) is 43.3 Å². The van der Waals surface area contributed by atoms with E-state index >= 15 is 0 Å². The molecule has 0 aliphatic carbocycles. The smallest absolute Gasteiger partial charge is 0.251 e. The van der Waals surface area contributed by atoms with Crippen LogP contribution in [-0.2, 0) is 16.0 Å². The summed E-state index contributed by atoms with van der Waals surface area (Å²) in [5, 5.41) is 11.5. The zero-order chi connectivity index (χ0) is 24.2. The Balaban J connectivity index is 1.43. The van der Waals surface area contributed by atoms with Crippen LogP contribution in [0.15, 0.2) is 78.9 Å². The fourth-order valence-electron chi connectivity index (χ4n) is 3.26. The number of carbonyl (C=O) groups is 3. The summed E-state index contributed by atoms with van der Waals surface area (Å²) in [6.45, 7) is 2.66. The lowest BCUT2D eigenvalue weighted by atomic mass is 10.1. The molecule has 0 aliphatic rings. The van der Waals surface area contributed by atoms with Crippen LogP contribution in [0.2, 0.25) is 0 Å². The Labute approximate surface area is 200 Å². The maximum atomic E-state index is 12.3. The molecule has 7 heteroatoms. The number of hydrogen-bond donors (Lipinski definition) is 4. The van der Waals surface area contributed by atoms with E-state index in [1.54, 1.807) is 48.5 Å². The summed E-state index contributed by atoms with van der Waals surface area (Å²) in [5.41, 5.74) is 3.64.